The van der Waals surface area contributed by atoms with Gasteiger partial charge in [-0.3, -0.25) is 0 Å². The summed E-state index contributed by atoms with van der Waals surface area (Å²) in [7, 11) is 1.81. The van der Waals surface area contributed by atoms with Crippen molar-refractivity contribution in [3.63, 3.8) is 0 Å². The average molecular weight is 422 g/mol. The molecule has 0 radical (unpaired) electrons. The molecule has 0 aliphatic carbocycles. The summed E-state index contributed by atoms with van der Waals surface area (Å²) in [6, 6.07) is 4.74. The molecule has 94 valence electrons. The van der Waals surface area contributed by atoms with Crippen LogP contribution >= 0.6 is 38.5 Å². The van der Waals surface area contributed by atoms with Crippen LogP contribution in [0, 0.1) is 16.3 Å². The highest BCUT2D eigenvalue weighted by atomic mass is 127. The first-order valence-electron chi connectivity index (χ1n) is 5.20. The zero-order valence-corrected chi connectivity index (χ0v) is 13.5. The molecule has 1 N–H and O–H groups in total. The lowest BCUT2D eigenvalue weighted by atomic mass is 10.2. The maximum Gasteiger partial charge on any atom is 0.161 e. The van der Waals surface area contributed by atoms with Gasteiger partial charge in [0.25, 0.3) is 0 Å². The monoisotopic (exact) mass is 421 g/mol. The molecule has 0 aliphatic heterocycles. The summed E-state index contributed by atoms with van der Waals surface area (Å²) in [6.45, 7) is 1.92. The second-order valence-electron chi connectivity index (χ2n) is 3.67. The molecule has 1 aromatic carbocycles. The van der Waals surface area contributed by atoms with Crippen LogP contribution in [0.15, 0.2) is 22.7 Å². The smallest absolute Gasteiger partial charge is 0.161 e. The molecule has 6 heteroatoms. The Balaban J connectivity index is 2.57. The molecule has 0 spiro atoms. The van der Waals surface area contributed by atoms with Crippen LogP contribution in [0.2, 0.25) is 0 Å². The van der Waals surface area contributed by atoms with E-state index < -0.39 is 0 Å². The Morgan fingerprint density at radius 3 is 2.67 bits per heavy atom. The Morgan fingerprint density at radius 2 is 2.06 bits per heavy atom. The van der Waals surface area contributed by atoms with Gasteiger partial charge in [0, 0.05) is 12.6 Å². The fourth-order valence-corrected chi connectivity index (χ4v) is 2.38. The third-order valence-corrected chi connectivity index (χ3v) is 4.33. The number of hydrogen-bond donors (Lipinski definition) is 1. The highest BCUT2D eigenvalue weighted by Crippen LogP contribution is 2.26. The Kier molecular flexibility index (Phi) is 4.16. The van der Waals surface area contributed by atoms with Crippen LogP contribution in [0.3, 0.4) is 0 Å². The van der Waals surface area contributed by atoms with E-state index in [1.54, 1.807) is 12.1 Å². The van der Waals surface area contributed by atoms with Gasteiger partial charge in [-0.2, -0.15) is 0 Å². The first-order valence-corrected chi connectivity index (χ1v) is 7.07. The minimum absolute atomic E-state index is 0.296. The summed E-state index contributed by atoms with van der Waals surface area (Å²) in [4.78, 5) is 8.84. The van der Waals surface area contributed by atoms with Crippen molar-refractivity contribution in [3.05, 3.63) is 37.8 Å². The lowest BCUT2D eigenvalue weighted by molar-refractivity contribution is 0.621. The minimum atomic E-state index is -0.296. The van der Waals surface area contributed by atoms with Gasteiger partial charge >= 0.3 is 0 Å². The predicted octanol–water partition coefficient (Wildman–Crippen LogP) is 4.00. The van der Waals surface area contributed by atoms with Crippen LogP contribution in [0.5, 0.6) is 0 Å². The van der Waals surface area contributed by atoms with Gasteiger partial charge < -0.3 is 5.32 Å². The van der Waals surface area contributed by atoms with Crippen molar-refractivity contribution in [2.75, 3.05) is 12.4 Å². The Labute approximate surface area is 127 Å². The molecule has 0 bridgehead atoms. The average Bonchev–Trinajstić information content (AvgIpc) is 2.36. The van der Waals surface area contributed by atoms with Gasteiger partial charge in [0.15, 0.2) is 5.82 Å². The van der Waals surface area contributed by atoms with Crippen molar-refractivity contribution in [3.8, 4) is 11.4 Å². The van der Waals surface area contributed by atoms with E-state index in [9.17, 15) is 4.39 Å². The molecular formula is C12H10BrFIN3. The molecule has 18 heavy (non-hydrogen) atoms. The van der Waals surface area contributed by atoms with E-state index in [2.05, 4.69) is 53.8 Å². The van der Waals surface area contributed by atoms with E-state index in [0.717, 1.165) is 20.6 Å². The molecule has 0 atom stereocenters. The van der Waals surface area contributed by atoms with Crippen molar-refractivity contribution in [1.29, 1.82) is 0 Å². The third kappa shape index (κ3) is 2.64. The molecular weight excluding hydrogens is 412 g/mol. The quantitative estimate of drug-likeness (QED) is 0.744. The Bertz CT molecular complexity index is 604. The Hall–Kier alpha value is -0.760. The number of hydrogen-bond acceptors (Lipinski definition) is 3. The molecule has 1 heterocycles. The van der Waals surface area contributed by atoms with Gasteiger partial charge in [0.2, 0.25) is 0 Å². The summed E-state index contributed by atoms with van der Waals surface area (Å²) >= 11 is 5.36. The van der Waals surface area contributed by atoms with E-state index in [1.807, 2.05) is 14.0 Å². The second-order valence-corrected chi connectivity index (χ2v) is 5.61. The van der Waals surface area contributed by atoms with Gasteiger partial charge in [-0.25, -0.2) is 14.4 Å². The highest BCUT2D eigenvalue weighted by Gasteiger charge is 2.11. The normalized spacial score (nSPS) is 10.5. The maximum atomic E-state index is 13.2. The minimum Gasteiger partial charge on any atom is -0.372 e. The van der Waals surface area contributed by atoms with Crippen LogP contribution in [-0.2, 0) is 0 Å². The van der Waals surface area contributed by atoms with E-state index in [4.69, 9.17) is 0 Å². The summed E-state index contributed by atoms with van der Waals surface area (Å²) in [5.74, 6) is 1.06. The number of nitrogens with one attached hydrogen (secondary N) is 1. The van der Waals surface area contributed by atoms with Crippen LogP contribution in [0.25, 0.3) is 11.4 Å². The molecule has 0 fully saturated rings. The van der Waals surface area contributed by atoms with Crippen molar-refractivity contribution >= 4 is 44.3 Å². The number of halogens is 3. The molecule has 2 rings (SSSR count). The van der Waals surface area contributed by atoms with Crippen molar-refractivity contribution in [2.24, 2.45) is 0 Å². The number of anilines is 1. The molecule has 1 aromatic heterocycles. The fraction of sp³-hybridized carbons (Fsp3) is 0.167. The first-order chi connectivity index (χ1) is 8.52. The van der Waals surface area contributed by atoms with Crippen LogP contribution in [0.4, 0.5) is 10.2 Å². The zero-order chi connectivity index (χ0) is 13.3. The second kappa shape index (κ2) is 5.48. The van der Waals surface area contributed by atoms with E-state index in [0.29, 0.717) is 10.3 Å². The van der Waals surface area contributed by atoms with Crippen LogP contribution in [-0.4, -0.2) is 17.0 Å². The topological polar surface area (TPSA) is 37.8 Å². The van der Waals surface area contributed by atoms with Crippen LogP contribution in [0.1, 0.15) is 5.69 Å². The van der Waals surface area contributed by atoms with E-state index in [-0.39, 0.29) is 5.82 Å². The van der Waals surface area contributed by atoms with Gasteiger partial charge in [-0.05, 0) is 63.6 Å². The van der Waals surface area contributed by atoms with Gasteiger partial charge in [-0.1, -0.05) is 0 Å². The summed E-state index contributed by atoms with van der Waals surface area (Å²) in [5, 5.41) is 3.03. The van der Waals surface area contributed by atoms with Gasteiger partial charge in [0.05, 0.1) is 13.7 Å². The van der Waals surface area contributed by atoms with E-state index >= 15 is 0 Å². The number of aryl methyl sites for hydroxylation is 1. The highest BCUT2D eigenvalue weighted by molar-refractivity contribution is 14.1. The van der Waals surface area contributed by atoms with E-state index in [1.165, 1.54) is 6.07 Å². The molecule has 0 saturated heterocycles. The summed E-state index contributed by atoms with van der Waals surface area (Å²) in [6.07, 6.45) is 0. The lowest BCUT2D eigenvalue weighted by Crippen LogP contribution is -2.02. The van der Waals surface area contributed by atoms with Crippen LogP contribution < -0.4 is 5.32 Å². The number of aromatic nitrogens is 2. The molecule has 0 amide bonds. The van der Waals surface area contributed by atoms with Crippen molar-refractivity contribution in [1.82, 2.24) is 9.97 Å². The summed E-state index contributed by atoms with van der Waals surface area (Å²) < 4.78 is 14.6. The van der Waals surface area contributed by atoms with Crippen molar-refractivity contribution in [2.45, 2.75) is 6.92 Å². The molecule has 0 unspecified atom stereocenters. The third-order valence-electron chi connectivity index (χ3n) is 2.43. The SMILES string of the molecule is CNc1nc(-c2ccc(F)c(Br)c2)nc(C)c1I. The molecule has 2 aromatic rings. The standard InChI is InChI=1S/C12H10BrFIN3/c1-6-10(15)12(16-2)18-11(17-6)7-3-4-9(14)8(13)5-7/h3-5H,1-2H3,(H,16,17,18). The zero-order valence-electron chi connectivity index (χ0n) is 9.76. The number of nitrogens with zero attached hydrogens (tertiary/aromatic N) is 2. The largest absolute Gasteiger partial charge is 0.372 e. The maximum absolute atomic E-state index is 13.2. The number of benzene rings is 1. The van der Waals surface area contributed by atoms with Crippen molar-refractivity contribution < 1.29 is 4.39 Å². The fourth-order valence-electron chi connectivity index (χ4n) is 1.49. The predicted molar refractivity (Wildman–Crippen MR) is 82.1 cm³/mol. The van der Waals surface area contributed by atoms with Gasteiger partial charge in [-0.15, -0.1) is 0 Å². The first kappa shape index (κ1) is 13.7. The Morgan fingerprint density at radius 1 is 1.33 bits per heavy atom. The molecule has 0 aliphatic rings. The summed E-state index contributed by atoms with van der Waals surface area (Å²) in [5.41, 5.74) is 1.67. The molecule has 3 nitrogen and oxygen atoms in total. The molecule has 0 saturated carbocycles. The lowest BCUT2D eigenvalue weighted by Gasteiger charge is -2.09. The number of rotatable bonds is 2. The van der Waals surface area contributed by atoms with Gasteiger partial charge in [0.1, 0.15) is 11.6 Å².